The quantitative estimate of drug-likeness (QED) is 0.855. The number of hydrogen-bond donors (Lipinski definition) is 1. The van der Waals surface area contributed by atoms with Crippen LogP contribution in [0, 0.1) is 0 Å². The summed E-state index contributed by atoms with van der Waals surface area (Å²) in [4.78, 5) is 4.28. The van der Waals surface area contributed by atoms with Gasteiger partial charge in [-0.05, 0) is 12.8 Å². The van der Waals surface area contributed by atoms with Crippen molar-refractivity contribution in [3.8, 4) is 0 Å². The van der Waals surface area contributed by atoms with E-state index in [2.05, 4.69) is 15.2 Å². The zero-order valence-electron chi connectivity index (χ0n) is 9.60. The van der Waals surface area contributed by atoms with Crippen LogP contribution in [-0.4, -0.2) is 29.4 Å². The standard InChI is InChI=1S/C10H17N3O2S/c1-7(2)9-11-10(13-12-9)8-5-3-4-6-16(8,14)15/h7-8H,3-6H2,1-2H3,(H,11,12,13). The summed E-state index contributed by atoms with van der Waals surface area (Å²) in [5, 5.41) is 6.36. The van der Waals surface area contributed by atoms with Crippen LogP contribution in [0.2, 0.25) is 0 Å². The van der Waals surface area contributed by atoms with Gasteiger partial charge in [-0.1, -0.05) is 20.3 Å². The molecular weight excluding hydrogens is 226 g/mol. The van der Waals surface area contributed by atoms with Gasteiger partial charge in [0.25, 0.3) is 0 Å². The molecule has 1 saturated heterocycles. The van der Waals surface area contributed by atoms with Crippen LogP contribution < -0.4 is 0 Å². The molecule has 5 nitrogen and oxygen atoms in total. The molecule has 0 spiro atoms. The molecule has 2 heterocycles. The van der Waals surface area contributed by atoms with Crippen LogP contribution in [0.4, 0.5) is 0 Å². The highest BCUT2D eigenvalue weighted by molar-refractivity contribution is 7.91. The number of nitrogens with zero attached hydrogens (tertiary/aromatic N) is 2. The van der Waals surface area contributed by atoms with E-state index >= 15 is 0 Å². The van der Waals surface area contributed by atoms with E-state index in [0.29, 0.717) is 18.1 Å². The van der Waals surface area contributed by atoms with Crippen molar-refractivity contribution in [1.82, 2.24) is 15.2 Å². The smallest absolute Gasteiger partial charge is 0.160 e. The fourth-order valence-electron chi connectivity index (χ4n) is 1.95. The summed E-state index contributed by atoms with van der Waals surface area (Å²) in [5.41, 5.74) is 0. The van der Waals surface area contributed by atoms with Crippen molar-refractivity contribution in [2.24, 2.45) is 0 Å². The molecule has 1 aromatic rings. The minimum absolute atomic E-state index is 0.219. The zero-order valence-corrected chi connectivity index (χ0v) is 10.4. The van der Waals surface area contributed by atoms with Crippen molar-refractivity contribution in [1.29, 1.82) is 0 Å². The molecule has 1 fully saturated rings. The number of sulfone groups is 1. The van der Waals surface area contributed by atoms with Crippen LogP contribution in [0.25, 0.3) is 0 Å². The van der Waals surface area contributed by atoms with Crippen LogP contribution in [0.3, 0.4) is 0 Å². The van der Waals surface area contributed by atoms with Crippen molar-refractivity contribution in [3.63, 3.8) is 0 Å². The predicted octanol–water partition coefficient (Wildman–Crippen LogP) is 1.57. The lowest BCUT2D eigenvalue weighted by Crippen LogP contribution is -2.22. The van der Waals surface area contributed by atoms with Crippen molar-refractivity contribution >= 4 is 9.84 Å². The molecule has 0 amide bonds. The minimum Gasteiger partial charge on any atom is -0.262 e. The number of nitrogens with one attached hydrogen (secondary N) is 1. The summed E-state index contributed by atoms with van der Waals surface area (Å²) >= 11 is 0. The van der Waals surface area contributed by atoms with Gasteiger partial charge in [0, 0.05) is 5.92 Å². The summed E-state index contributed by atoms with van der Waals surface area (Å²) in [6.45, 7) is 3.98. The van der Waals surface area contributed by atoms with E-state index in [9.17, 15) is 8.42 Å². The Morgan fingerprint density at radius 3 is 2.69 bits per heavy atom. The molecule has 1 aromatic heterocycles. The average Bonchev–Trinajstić information content (AvgIpc) is 2.65. The molecule has 90 valence electrons. The maximum atomic E-state index is 11.9. The van der Waals surface area contributed by atoms with Gasteiger partial charge < -0.3 is 0 Å². The SMILES string of the molecule is CC(C)c1n[nH]c(C2CCCCS2(=O)=O)n1. The number of H-pyrrole nitrogens is 1. The topological polar surface area (TPSA) is 75.7 Å². The largest absolute Gasteiger partial charge is 0.262 e. The Bertz CT molecular complexity index is 464. The Kier molecular flexibility index (Phi) is 3.01. The number of aromatic nitrogens is 3. The Morgan fingerprint density at radius 1 is 1.38 bits per heavy atom. The van der Waals surface area contributed by atoms with Crippen LogP contribution in [-0.2, 0) is 9.84 Å². The molecule has 1 N–H and O–H groups in total. The van der Waals surface area contributed by atoms with E-state index in [1.807, 2.05) is 13.8 Å². The summed E-state index contributed by atoms with van der Waals surface area (Å²) in [5.74, 6) is 1.70. The van der Waals surface area contributed by atoms with Gasteiger partial charge in [0.15, 0.2) is 15.7 Å². The first-order chi connectivity index (χ1) is 7.50. The van der Waals surface area contributed by atoms with Gasteiger partial charge in [-0.3, -0.25) is 5.10 Å². The van der Waals surface area contributed by atoms with Gasteiger partial charge in [0.1, 0.15) is 11.1 Å². The molecule has 1 unspecified atom stereocenters. The lowest BCUT2D eigenvalue weighted by atomic mass is 10.2. The van der Waals surface area contributed by atoms with Gasteiger partial charge in [-0.15, -0.1) is 0 Å². The predicted molar refractivity (Wildman–Crippen MR) is 60.9 cm³/mol. The Morgan fingerprint density at radius 2 is 2.12 bits per heavy atom. The van der Waals surface area contributed by atoms with E-state index in [4.69, 9.17) is 0 Å². The average molecular weight is 243 g/mol. The first-order valence-electron chi connectivity index (χ1n) is 5.64. The van der Waals surface area contributed by atoms with Crippen molar-refractivity contribution in [3.05, 3.63) is 11.6 Å². The van der Waals surface area contributed by atoms with Gasteiger partial charge in [-0.25, -0.2) is 13.4 Å². The van der Waals surface area contributed by atoms with Gasteiger partial charge in [0.05, 0.1) is 5.75 Å². The molecule has 1 aliphatic rings. The van der Waals surface area contributed by atoms with E-state index in [0.717, 1.165) is 12.8 Å². The second-order valence-corrected chi connectivity index (χ2v) is 6.89. The minimum atomic E-state index is -3.02. The van der Waals surface area contributed by atoms with Crippen LogP contribution in [0.5, 0.6) is 0 Å². The van der Waals surface area contributed by atoms with Crippen LogP contribution in [0.1, 0.15) is 55.9 Å². The molecule has 0 aromatic carbocycles. The third-order valence-corrected chi connectivity index (χ3v) is 5.10. The van der Waals surface area contributed by atoms with Crippen molar-refractivity contribution in [2.45, 2.75) is 44.3 Å². The summed E-state index contributed by atoms with van der Waals surface area (Å²) in [7, 11) is -3.02. The van der Waals surface area contributed by atoms with Gasteiger partial charge >= 0.3 is 0 Å². The highest BCUT2D eigenvalue weighted by Crippen LogP contribution is 2.31. The Balaban J connectivity index is 2.29. The van der Waals surface area contributed by atoms with E-state index in [1.54, 1.807) is 0 Å². The maximum absolute atomic E-state index is 11.9. The first kappa shape index (κ1) is 11.6. The molecule has 1 atom stereocenters. The zero-order chi connectivity index (χ0) is 11.8. The maximum Gasteiger partial charge on any atom is 0.160 e. The molecule has 0 saturated carbocycles. The first-order valence-corrected chi connectivity index (χ1v) is 7.36. The summed E-state index contributed by atoms with van der Waals surface area (Å²) in [6.07, 6.45) is 2.38. The molecule has 1 aliphatic heterocycles. The summed E-state index contributed by atoms with van der Waals surface area (Å²) < 4.78 is 23.7. The second-order valence-electron chi connectivity index (χ2n) is 4.58. The Hall–Kier alpha value is -0.910. The number of aromatic amines is 1. The monoisotopic (exact) mass is 243 g/mol. The highest BCUT2D eigenvalue weighted by Gasteiger charge is 2.32. The molecule has 0 bridgehead atoms. The summed E-state index contributed by atoms with van der Waals surface area (Å²) in [6, 6.07) is 0. The third kappa shape index (κ3) is 2.11. The lowest BCUT2D eigenvalue weighted by molar-refractivity contribution is 0.538. The molecule has 16 heavy (non-hydrogen) atoms. The fraction of sp³-hybridized carbons (Fsp3) is 0.800. The van der Waals surface area contributed by atoms with E-state index < -0.39 is 15.1 Å². The van der Waals surface area contributed by atoms with Gasteiger partial charge in [-0.2, -0.15) is 5.10 Å². The van der Waals surface area contributed by atoms with E-state index in [1.165, 1.54) is 0 Å². The molecule has 0 radical (unpaired) electrons. The lowest BCUT2D eigenvalue weighted by Gasteiger charge is -2.19. The van der Waals surface area contributed by atoms with E-state index in [-0.39, 0.29) is 11.7 Å². The van der Waals surface area contributed by atoms with Crippen molar-refractivity contribution < 1.29 is 8.42 Å². The highest BCUT2D eigenvalue weighted by atomic mass is 32.2. The van der Waals surface area contributed by atoms with Gasteiger partial charge in [0.2, 0.25) is 0 Å². The Labute approximate surface area is 95.6 Å². The van der Waals surface area contributed by atoms with Crippen LogP contribution >= 0.6 is 0 Å². The molecule has 2 rings (SSSR count). The molecular formula is C10H17N3O2S. The van der Waals surface area contributed by atoms with Crippen molar-refractivity contribution in [2.75, 3.05) is 5.75 Å². The molecule has 0 aliphatic carbocycles. The normalized spacial score (nSPS) is 24.8. The number of hydrogen-bond acceptors (Lipinski definition) is 4. The third-order valence-electron chi connectivity index (χ3n) is 2.92. The fourth-order valence-corrected chi connectivity index (χ4v) is 3.81. The second kappa shape index (κ2) is 4.16. The molecule has 6 heteroatoms. The van der Waals surface area contributed by atoms with Crippen LogP contribution in [0.15, 0.2) is 0 Å². The number of rotatable bonds is 2.